The molecule has 0 saturated carbocycles. The van der Waals surface area contributed by atoms with E-state index in [4.69, 9.17) is 30.6 Å². The van der Waals surface area contributed by atoms with E-state index < -0.39 is 5.97 Å². The SMILES string of the molecule is CC(C)=CCOc1c(OCc2ccc(Cl)cc2)c(/C=C\C(=O)O)cc2ccoc12. The summed E-state index contributed by atoms with van der Waals surface area (Å²) < 4.78 is 17.7. The topological polar surface area (TPSA) is 68.9 Å². The van der Waals surface area contributed by atoms with Crippen LogP contribution in [0.25, 0.3) is 17.0 Å². The lowest BCUT2D eigenvalue weighted by Crippen LogP contribution is -2.03. The minimum Gasteiger partial charge on any atom is -0.484 e. The van der Waals surface area contributed by atoms with Crippen molar-refractivity contribution in [2.45, 2.75) is 20.5 Å². The molecule has 0 atom stereocenters. The van der Waals surface area contributed by atoms with E-state index in [1.165, 1.54) is 6.08 Å². The van der Waals surface area contributed by atoms with Gasteiger partial charge in [-0.05, 0) is 55.8 Å². The molecule has 0 fully saturated rings. The molecule has 0 radical (unpaired) electrons. The number of hydrogen-bond donors (Lipinski definition) is 1. The van der Waals surface area contributed by atoms with Crippen molar-refractivity contribution in [2.24, 2.45) is 0 Å². The van der Waals surface area contributed by atoms with Crippen LogP contribution in [0.15, 0.2) is 64.8 Å². The van der Waals surface area contributed by atoms with Crippen LogP contribution < -0.4 is 9.47 Å². The highest BCUT2D eigenvalue weighted by atomic mass is 35.5. The van der Waals surface area contributed by atoms with Crippen LogP contribution in [0, 0.1) is 0 Å². The number of rotatable bonds is 8. The predicted octanol–water partition coefficient (Wildman–Crippen LogP) is 6.11. The summed E-state index contributed by atoms with van der Waals surface area (Å²) in [6, 6.07) is 10.9. The summed E-state index contributed by atoms with van der Waals surface area (Å²) in [5, 5.41) is 10.5. The molecule has 0 aliphatic rings. The van der Waals surface area contributed by atoms with E-state index in [2.05, 4.69) is 0 Å². The van der Waals surface area contributed by atoms with Crippen molar-refractivity contribution in [3.63, 3.8) is 0 Å². The Morgan fingerprint density at radius 1 is 1.14 bits per heavy atom. The quantitative estimate of drug-likeness (QED) is 0.357. The zero-order chi connectivity index (χ0) is 20.8. The van der Waals surface area contributed by atoms with E-state index >= 15 is 0 Å². The molecular weight excluding hydrogens is 392 g/mol. The van der Waals surface area contributed by atoms with Crippen molar-refractivity contribution in [2.75, 3.05) is 6.61 Å². The van der Waals surface area contributed by atoms with Crippen molar-refractivity contribution < 1.29 is 23.8 Å². The number of ether oxygens (including phenoxy) is 2. The fraction of sp³-hybridized carbons (Fsp3) is 0.174. The average Bonchev–Trinajstić information content (AvgIpc) is 3.14. The van der Waals surface area contributed by atoms with Crippen LogP contribution >= 0.6 is 11.6 Å². The lowest BCUT2D eigenvalue weighted by Gasteiger charge is -2.15. The molecule has 1 N–H and O–H groups in total. The van der Waals surface area contributed by atoms with Gasteiger partial charge < -0.3 is 19.0 Å². The maximum absolute atomic E-state index is 11.0. The van der Waals surface area contributed by atoms with Crippen molar-refractivity contribution in [3.8, 4) is 11.5 Å². The Balaban J connectivity index is 2.02. The third kappa shape index (κ3) is 5.42. The largest absolute Gasteiger partial charge is 0.484 e. The second-order valence-electron chi connectivity index (χ2n) is 6.64. The van der Waals surface area contributed by atoms with Gasteiger partial charge in [-0.1, -0.05) is 29.3 Å². The van der Waals surface area contributed by atoms with Gasteiger partial charge in [0.2, 0.25) is 5.75 Å². The lowest BCUT2D eigenvalue weighted by atomic mass is 10.1. The number of allylic oxidation sites excluding steroid dienone is 1. The summed E-state index contributed by atoms with van der Waals surface area (Å²) in [6.45, 7) is 4.56. The average molecular weight is 413 g/mol. The van der Waals surface area contributed by atoms with Gasteiger partial charge in [0.15, 0.2) is 11.3 Å². The smallest absolute Gasteiger partial charge is 0.328 e. The zero-order valence-corrected chi connectivity index (χ0v) is 16.9. The number of fused-ring (bicyclic) bond motifs is 1. The van der Waals surface area contributed by atoms with Crippen molar-refractivity contribution in [3.05, 3.63) is 76.5 Å². The number of carboxylic acids is 1. The monoisotopic (exact) mass is 412 g/mol. The molecule has 1 aromatic heterocycles. The fourth-order valence-electron chi connectivity index (χ4n) is 2.68. The zero-order valence-electron chi connectivity index (χ0n) is 16.1. The Hall–Kier alpha value is -3.18. The van der Waals surface area contributed by atoms with Crippen LogP contribution in [0.2, 0.25) is 5.02 Å². The van der Waals surface area contributed by atoms with Crippen LogP contribution in [0.1, 0.15) is 25.0 Å². The van der Waals surface area contributed by atoms with Crippen molar-refractivity contribution >= 4 is 34.6 Å². The molecule has 0 amide bonds. The molecule has 0 saturated heterocycles. The summed E-state index contributed by atoms with van der Waals surface area (Å²) >= 11 is 5.94. The third-order valence-electron chi connectivity index (χ3n) is 4.10. The van der Waals surface area contributed by atoms with E-state index in [1.54, 1.807) is 24.5 Å². The highest BCUT2D eigenvalue weighted by molar-refractivity contribution is 6.30. The summed E-state index contributed by atoms with van der Waals surface area (Å²) in [4.78, 5) is 11.0. The molecule has 3 rings (SSSR count). The van der Waals surface area contributed by atoms with Gasteiger partial charge in [-0.15, -0.1) is 0 Å². The Morgan fingerprint density at radius 2 is 1.90 bits per heavy atom. The van der Waals surface area contributed by atoms with Gasteiger partial charge in [-0.3, -0.25) is 0 Å². The van der Waals surface area contributed by atoms with E-state index in [1.807, 2.05) is 38.1 Å². The molecule has 2 aromatic carbocycles. The first-order valence-corrected chi connectivity index (χ1v) is 9.40. The second kappa shape index (κ2) is 9.34. The Labute approximate surface area is 173 Å². The first-order valence-electron chi connectivity index (χ1n) is 9.02. The van der Waals surface area contributed by atoms with Crippen LogP contribution in [-0.4, -0.2) is 17.7 Å². The van der Waals surface area contributed by atoms with Gasteiger partial charge in [-0.25, -0.2) is 4.79 Å². The molecule has 0 aliphatic heterocycles. The first kappa shape index (κ1) is 20.6. The molecule has 6 heteroatoms. The van der Waals surface area contributed by atoms with Crippen LogP contribution in [0.3, 0.4) is 0 Å². The molecule has 0 bridgehead atoms. The van der Waals surface area contributed by atoms with Gasteiger partial charge in [0.1, 0.15) is 13.2 Å². The van der Waals surface area contributed by atoms with Crippen LogP contribution in [0.4, 0.5) is 0 Å². The summed E-state index contributed by atoms with van der Waals surface area (Å²) in [7, 11) is 0. The van der Waals surface area contributed by atoms with E-state index in [9.17, 15) is 4.79 Å². The van der Waals surface area contributed by atoms with Crippen molar-refractivity contribution in [1.29, 1.82) is 0 Å². The number of carbonyl (C=O) groups is 1. The van der Waals surface area contributed by atoms with Crippen LogP contribution in [-0.2, 0) is 11.4 Å². The Kier molecular flexibility index (Phi) is 6.62. The number of furan rings is 1. The normalized spacial score (nSPS) is 11.0. The highest BCUT2D eigenvalue weighted by Gasteiger charge is 2.18. The highest BCUT2D eigenvalue weighted by Crippen LogP contribution is 2.41. The van der Waals surface area contributed by atoms with E-state index in [-0.39, 0.29) is 6.61 Å². The molecule has 1 heterocycles. The number of benzene rings is 2. The summed E-state index contributed by atoms with van der Waals surface area (Å²) in [6.07, 6.45) is 6.06. The lowest BCUT2D eigenvalue weighted by molar-refractivity contribution is -0.131. The standard InChI is InChI=1S/C23H21ClO5/c1-15(2)9-11-28-23-21-18(10-12-27-21)13-17(5-8-20(25)26)22(23)29-14-16-3-6-19(24)7-4-16/h3-10,12-13H,11,14H2,1-2H3,(H,25,26)/b8-5-. The van der Waals surface area contributed by atoms with Gasteiger partial charge in [0.05, 0.1) is 6.26 Å². The maximum Gasteiger partial charge on any atom is 0.328 e. The van der Waals surface area contributed by atoms with Crippen LogP contribution in [0.5, 0.6) is 11.5 Å². The van der Waals surface area contributed by atoms with E-state index in [0.29, 0.717) is 34.3 Å². The summed E-state index contributed by atoms with van der Waals surface area (Å²) in [5.74, 6) is -0.195. The first-order chi connectivity index (χ1) is 13.9. The number of halogens is 1. The maximum atomic E-state index is 11.0. The number of hydrogen-bond acceptors (Lipinski definition) is 4. The molecule has 0 spiro atoms. The van der Waals surface area contributed by atoms with E-state index in [0.717, 1.165) is 22.6 Å². The molecule has 29 heavy (non-hydrogen) atoms. The molecule has 150 valence electrons. The number of aliphatic carboxylic acids is 1. The van der Waals surface area contributed by atoms with Crippen molar-refractivity contribution in [1.82, 2.24) is 0 Å². The minimum absolute atomic E-state index is 0.260. The molecular formula is C23H21ClO5. The predicted molar refractivity (Wildman–Crippen MR) is 114 cm³/mol. The third-order valence-corrected chi connectivity index (χ3v) is 4.35. The molecule has 0 unspecified atom stereocenters. The molecule has 0 aliphatic carbocycles. The van der Waals surface area contributed by atoms with Gasteiger partial charge >= 0.3 is 5.97 Å². The van der Waals surface area contributed by atoms with Gasteiger partial charge in [-0.2, -0.15) is 0 Å². The molecule has 3 aromatic rings. The van der Waals surface area contributed by atoms with Gasteiger partial charge in [0, 0.05) is 22.0 Å². The fourth-order valence-corrected chi connectivity index (χ4v) is 2.80. The molecule has 5 nitrogen and oxygen atoms in total. The Morgan fingerprint density at radius 3 is 2.59 bits per heavy atom. The summed E-state index contributed by atoms with van der Waals surface area (Å²) in [5.41, 5.74) is 3.16. The Bertz CT molecular complexity index is 1060. The second-order valence-corrected chi connectivity index (χ2v) is 7.08. The number of carboxylic acid groups (broad SMARTS) is 1. The van der Waals surface area contributed by atoms with Gasteiger partial charge in [0.25, 0.3) is 0 Å². The minimum atomic E-state index is -1.05.